The van der Waals surface area contributed by atoms with Gasteiger partial charge >= 0.3 is 6.18 Å². The van der Waals surface area contributed by atoms with Crippen molar-refractivity contribution in [2.24, 2.45) is 0 Å². The molecule has 2 aliphatic heterocycles. The highest BCUT2D eigenvalue weighted by atomic mass is 19.4. The van der Waals surface area contributed by atoms with Crippen molar-refractivity contribution in [2.45, 2.75) is 12.6 Å². The molecule has 5 nitrogen and oxygen atoms in total. The van der Waals surface area contributed by atoms with E-state index in [1.807, 2.05) is 0 Å². The maximum Gasteiger partial charge on any atom is 0.412 e. The molecule has 1 aromatic rings. The molecule has 2 aliphatic rings. The van der Waals surface area contributed by atoms with Crippen molar-refractivity contribution in [3.05, 3.63) is 18.0 Å². The van der Waals surface area contributed by atoms with Gasteiger partial charge in [0.2, 0.25) is 5.75 Å². The Morgan fingerprint density at radius 3 is 2.85 bits per heavy atom. The third kappa shape index (κ3) is 2.37. The van der Waals surface area contributed by atoms with Gasteiger partial charge in [-0.15, -0.1) is 0 Å². The lowest BCUT2D eigenvalue weighted by Crippen LogP contribution is -2.33. The summed E-state index contributed by atoms with van der Waals surface area (Å²) in [6, 6.07) is 0. The molecule has 8 heteroatoms. The zero-order valence-electron chi connectivity index (χ0n) is 10.6. The van der Waals surface area contributed by atoms with Crippen LogP contribution >= 0.6 is 0 Å². The fourth-order valence-electron chi connectivity index (χ4n) is 2.29. The summed E-state index contributed by atoms with van der Waals surface area (Å²) in [7, 11) is 0. The van der Waals surface area contributed by atoms with E-state index < -0.39 is 11.7 Å². The number of nitrogens with zero attached hydrogens (tertiary/aromatic N) is 3. The molecule has 1 N–H and O–H groups in total. The molecule has 3 rings (SSSR count). The second kappa shape index (κ2) is 4.84. The topological polar surface area (TPSA) is 50.3 Å². The van der Waals surface area contributed by atoms with Crippen LogP contribution in [0.2, 0.25) is 0 Å². The third-order valence-electron chi connectivity index (χ3n) is 3.30. The van der Waals surface area contributed by atoms with Gasteiger partial charge in [0.05, 0.1) is 6.54 Å². The molecule has 0 aromatic carbocycles. The average molecular weight is 286 g/mol. The van der Waals surface area contributed by atoms with Gasteiger partial charge in [-0.1, -0.05) is 6.08 Å². The zero-order chi connectivity index (χ0) is 14.2. The Labute approximate surface area is 113 Å². The maximum absolute atomic E-state index is 12.6. The Balaban J connectivity index is 1.84. The van der Waals surface area contributed by atoms with Gasteiger partial charge in [0.25, 0.3) is 0 Å². The van der Waals surface area contributed by atoms with Crippen molar-refractivity contribution < 1.29 is 17.9 Å². The minimum Gasteiger partial charge on any atom is -0.485 e. The molecule has 0 unspecified atom stereocenters. The maximum atomic E-state index is 12.6. The smallest absolute Gasteiger partial charge is 0.412 e. The number of ether oxygens (including phenoxy) is 1. The number of fused-ring (bicyclic) bond motifs is 1. The first-order chi connectivity index (χ1) is 9.55. The van der Waals surface area contributed by atoms with E-state index in [0.717, 1.165) is 0 Å². The van der Waals surface area contributed by atoms with E-state index in [4.69, 9.17) is 4.74 Å². The van der Waals surface area contributed by atoms with Crippen LogP contribution in [0, 0.1) is 0 Å². The summed E-state index contributed by atoms with van der Waals surface area (Å²) < 4.78 is 43.3. The zero-order valence-corrected chi connectivity index (χ0v) is 10.6. The number of hydrogen-bond acceptors (Lipinski definition) is 5. The van der Waals surface area contributed by atoms with Crippen LogP contribution in [0.1, 0.15) is 6.42 Å². The second-order valence-electron chi connectivity index (χ2n) is 4.57. The van der Waals surface area contributed by atoms with Crippen molar-refractivity contribution in [2.75, 3.05) is 36.5 Å². The first-order valence-electron chi connectivity index (χ1n) is 6.28. The molecule has 0 saturated heterocycles. The summed E-state index contributed by atoms with van der Waals surface area (Å²) in [5, 5.41) is 3.08. The van der Waals surface area contributed by atoms with Gasteiger partial charge in [-0.05, 0) is 6.42 Å². The van der Waals surface area contributed by atoms with Gasteiger partial charge in [-0.25, -0.2) is 9.97 Å². The molecule has 1 aromatic heterocycles. The van der Waals surface area contributed by atoms with Crippen LogP contribution in [0.25, 0.3) is 0 Å². The number of nitrogens with one attached hydrogen (secondary N) is 1. The highest BCUT2D eigenvalue weighted by Gasteiger charge is 2.35. The lowest BCUT2D eigenvalue weighted by Gasteiger charge is -2.30. The molecule has 108 valence electrons. The number of anilines is 2. The predicted octanol–water partition coefficient (Wildman–Crippen LogP) is 1.98. The van der Waals surface area contributed by atoms with Crippen molar-refractivity contribution in [3.8, 4) is 5.75 Å². The van der Waals surface area contributed by atoms with Gasteiger partial charge in [-0.3, -0.25) is 0 Å². The van der Waals surface area contributed by atoms with E-state index in [1.54, 1.807) is 4.90 Å². The molecule has 20 heavy (non-hydrogen) atoms. The summed E-state index contributed by atoms with van der Waals surface area (Å²) >= 11 is 0. The molecule has 0 saturated carbocycles. The van der Waals surface area contributed by atoms with Crippen molar-refractivity contribution in [1.82, 2.24) is 9.97 Å². The van der Waals surface area contributed by atoms with Crippen LogP contribution in [0.4, 0.5) is 24.8 Å². The second-order valence-corrected chi connectivity index (χ2v) is 4.57. The number of aromatic nitrogens is 2. The normalized spacial score (nSPS) is 18.8. The molecule has 0 fully saturated rings. The van der Waals surface area contributed by atoms with E-state index >= 15 is 0 Å². The summed E-state index contributed by atoms with van der Waals surface area (Å²) in [4.78, 5) is 9.97. The molecule has 0 spiro atoms. The van der Waals surface area contributed by atoms with Crippen LogP contribution in [0.3, 0.4) is 0 Å². The van der Waals surface area contributed by atoms with E-state index in [9.17, 15) is 13.2 Å². The summed E-state index contributed by atoms with van der Waals surface area (Å²) in [5.74, 6) is 1.65. The van der Waals surface area contributed by atoms with Crippen LogP contribution in [-0.2, 0) is 0 Å². The predicted molar refractivity (Wildman–Crippen MR) is 67.0 cm³/mol. The van der Waals surface area contributed by atoms with Gasteiger partial charge in [-0.2, -0.15) is 13.2 Å². The Morgan fingerprint density at radius 2 is 2.15 bits per heavy atom. The number of hydrogen-bond donors (Lipinski definition) is 1. The Kier molecular flexibility index (Phi) is 3.15. The highest BCUT2D eigenvalue weighted by molar-refractivity contribution is 5.66. The third-order valence-corrected chi connectivity index (χ3v) is 3.30. The summed E-state index contributed by atoms with van der Waals surface area (Å²) in [6.07, 6.45) is -1.70. The van der Waals surface area contributed by atoms with Gasteiger partial charge in [0.15, 0.2) is 11.6 Å². The first-order valence-corrected chi connectivity index (χ1v) is 6.28. The largest absolute Gasteiger partial charge is 0.485 e. The molecule has 3 heterocycles. The summed E-state index contributed by atoms with van der Waals surface area (Å²) in [5.41, 5.74) is -0.476. The van der Waals surface area contributed by atoms with Gasteiger partial charge in [0.1, 0.15) is 12.9 Å². The van der Waals surface area contributed by atoms with E-state index in [0.29, 0.717) is 30.5 Å². The minimum absolute atomic E-state index is 0.0459. The molecular weight excluding hydrogens is 273 g/mol. The highest BCUT2D eigenvalue weighted by Crippen LogP contribution is 2.37. The molecule has 0 aliphatic carbocycles. The van der Waals surface area contributed by atoms with E-state index in [1.165, 1.54) is 12.4 Å². The molecule has 0 amide bonds. The van der Waals surface area contributed by atoms with Crippen molar-refractivity contribution in [1.29, 1.82) is 0 Å². The Hall–Kier alpha value is -1.99. The molecule has 0 atom stereocenters. The standard InChI is InChI=1S/C12H13F3N4O/c13-12(14,15)8-1-4-19(5-2-8)11-9-10(17-7-18-11)16-3-6-20-9/h1,7H,2-6H2,(H,16,17,18). The van der Waals surface area contributed by atoms with Crippen LogP contribution < -0.4 is 15.0 Å². The molecule has 0 bridgehead atoms. The first kappa shape index (κ1) is 13.0. The number of halogens is 3. The van der Waals surface area contributed by atoms with Crippen molar-refractivity contribution >= 4 is 11.6 Å². The van der Waals surface area contributed by atoms with Crippen molar-refractivity contribution in [3.63, 3.8) is 0 Å². The van der Waals surface area contributed by atoms with E-state index in [2.05, 4.69) is 15.3 Å². The lowest BCUT2D eigenvalue weighted by atomic mass is 10.1. The fourth-order valence-corrected chi connectivity index (χ4v) is 2.29. The lowest BCUT2D eigenvalue weighted by molar-refractivity contribution is -0.0944. The quantitative estimate of drug-likeness (QED) is 0.800. The van der Waals surface area contributed by atoms with Gasteiger partial charge in [0, 0.05) is 18.7 Å². The van der Waals surface area contributed by atoms with Crippen LogP contribution in [0.5, 0.6) is 5.75 Å². The monoisotopic (exact) mass is 286 g/mol. The minimum atomic E-state index is -4.24. The number of rotatable bonds is 1. The van der Waals surface area contributed by atoms with E-state index in [-0.39, 0.29) is 19.5 Å². The van der Waals surface area contributed by atoms with Gasteiger partial charge < -0.3 is 15.0 Å². The Morgan fingerprint density at radius 1 is 1.30 bits per heavy atom. The van der Waals surface area contributed by atoms with Crippen LogP contribution in [-0.4, -0.2) is 42.4 Å². The SMILES string of the molecule is FC(F)(F)C1=CCN(c2ncnc3c2OCCN3)CC1. The number of alkyl halides is 3. The Bertz CT molecular complexity index is 544. The summed E-state index contributed by atoms with van der Waals surface area (Å²) in [6.45, 7) is 1.58. The van der Waals surface area contributed by atoms with Crippen LogP contribution in [0.15, 0.2) is 18.0 Å². The molecular formula is C12H13F3N4O. The molecule has 0 radical (unpaired) electrons. The average Bonchev–Trinajstić information content (AvgIpc) is 2.46. The fraction of sp³-hybridized carbons (Fsp3) is 0.500.